The Hall–Kier alpha value is -1.69. The van der Waals surface area contributed by atoms with E-state index >= 15 is 0 Å². The number of rotatable bonds is 4. The second-order valence-electron chi connectivity index (χ2n) is 4.78. The molecule has 0 bridgehead atoms. The molecule has 1 saturated carbocycles. The monoisotopic (exact) mass is 251 g/mol. The van der Waals surface area contributed by atoms with Gasteiger partial charge in [-0.15, -0.1) is 0 Å². The lowest BCUT2D eigenvalue weighted by Crippen LogP contribution is -2.44. The van der Waals surface area contributed by atoms with Crippen molar-refractivity contribution in [1.29, 1.82) is 0 Å². The van der Waals surface area contributed by atoms with Crippen LogP contribution in [0.5, 0.6) is 0 Å². The van der Waals surface area contributed by atoms with Crippen molar-refractivity contribution in [3.63, 3.8) is 0 Å². The molecule has 1 aromatic heterocycles. The first-order valence-electron chi connectivity index (χ1n) is 6.15. The van der Waals surface area contributed by atoms with Crippen molar-refractivity contribution in [2.24, 2.45) is 0 Å². The Morgan fingerprint density at radius 1 is 1.44 bits per heavy atom. The van der Waals surface area contributed by atoms with Crippen LogP contribution in [0.1, 0.15) is 32.1 Å². The number of aromatic nitrogens is 1. The fraction of sp³-hybridized carbons (Fsp3) is 0.583. The minimum absolute atomic E-state index is 0.0106. The van der Waals surface area contributed by atoms with Crippen LogP contribution in [-0.2, 0) is 0 Å². The van der Waals surface area contributed by atoms with E-state index in [1.807, 2.05) is 0 Å². The number of hydrogen-bond donors (Lipinski definition) is 2. The van der Waals surface area contributed by atoms with E-state index in [4.69, 9.17) is 0 Å². The molecule has 1 aliphatic carbocycles. The van der Waals surface area contributed by atoms with Crippen molar-refractivity contribution in [1.82, 2.24) is 4.98 Å². The van der Waals surface area contributed by atoms with Gasteiger partial charge in [0.05, 0.1) is 23.1 Å². The highest BCUT2D eigenvalue weighted by atomic mass is 16.6. The Kier molecular flexibility index (Phi) is 3.76. The first kappa shape index (κ1) is 12.8. The van der Waals surface area contributed by atoms with Gasteiger partial charge in [0.1, 0.15) is 5.82 Å². The molecule has 18 heavy (non-hydrogen) atoms. The van der Waals surface area contributed by atoms with Crippen LogP contribution in [0.4, 0.5) is 11.5 Å². The Bertz CT molecular complexity index is 430. The predicted octanol–water partition coefficient (Wildman–Crippen LogP) is 2.10. The van der Waals surface area contributed by atoms with Crippen molar-refractivity contribution in [2.45, 2.75) is 37.6 Å². The lowest BCUT2D eigenvalue weighted by molar-refractivity contribution is -0.384. The summed E-state index contributed by atoms with van der Waals surface area (Å²) in [5.41, 5.74) is -0.364. The van der Waals surface area contributed by atoms with Gasteiger partial charge >= 0.3 is 0 Å². The van der Waals surface area contributed by atoms with Gasteiger partial charge in [-0.05, 0) is 12.8 Å². The molecule has 0 atom stereocenters. The molecule has 0 aliphatic heterocycles. The third kappa shape index (κ3) is 2.76. The van der Waals surface area contributed by atoms with Gasteiger partial charge in [-0.3, -0.25) is 10.1 Å². The topological polar surface area (TPSA) is 88.3 Å². The lowest BCUT2D eigenvalue weighted by Gasteiger charge is -2.36. The molecule has 6 nitrogen and oxygen atoms in total. The molecule has 1 aromatic rings. The van der Waals surface area contributed by atoms with E-state index in [9.17, 15) is 15.2 Å². The van der Waals surface area contributed by atoms with Crippen LogP contribution in [0, 0.1) is 10.1 Å². The van der Waals surface area contributed by atoms with E-state index in [1.54, 1.807) is 0 Å². The number of nitro groups is 1. The molecule has 2 N–H and O–H groups in total. The first-order valence-corrected chi connectivity index (χ1v) is 6.15. The SMILES string of the molecule is O=[N+]([O-])c1ccnc(NC2(CO)CCCCC2)c1. The standard InChI is InChI=1S/C12H17N3O3/c16-9-12(5-2-1-3-6-12)14-11-8-10(15(17)18)4-7-13-11/h4,7-8,16H,1-3,5-6,9H2,(H,13,14). The van der Waals surface area contributed by atoms with Gasteiger partial charge in [-0.25, -0.2) is 4.98 Å². The molecular formula is C12H17N3O3. The lowest BCUT2D eigenvalue weighted by atomic mass is 9.82. The summed E-state index contributed by atoms with van der Waals surface area (Å²) in [5, 5.41) is 23.4. The van der Waals surface area contributed by atoms with Gasteiger partial charge < -0.3 is 10.4 Å². The van der Waals surface area contributed by atoms with Gasteiger partial charge in [0.25, 0.3) is 5.69 Å². The number of anilines is 1. The summed E-state index contributed by atoms with van der Waals surface area (Å²) in [6.45, 7) is 0.0252. The summed E-state index contributed by atoms with van der Waals surface area (Å²) in [6, 6.07) is 2.77. The van der Waals surface area contributed by atoms with Crippen LogP contribution >= 0.6 is 0 Å². The molecular weight excluding hydrogens is 234 g/mol. The quantitative estimate of drug-likeness (QED) is 0.632. The molecule has 0 unspecified atom stereocenters. The summed E-state index contributed by atoms with van der Waals surface area (Å²) in [4.78, 5) is 14.3. The van der Waals surface area contributed by atoms with E-state index in [-0.39, 0.29) is 17.8 Å². The molecule has 1 heterocycles. The van der Waals surface area contributed by atoms with E-state index in [0.717, 1.165) is 25.7 Å². The molecule has 6 heteroatoms. The molecule has 98 valence electrons. The normalized spacial score (nSPS) is 18.3. The smallest absolute Gasteiger partial charge is 0.274 e. The molecule has 1 aliphatic rings. The Morgan fingerprint density at radius 2 is 2.17 bits per heavy atom. The molecule has 2 rings (SSSR count). The Morgan fingerprint density at radius 3 is 2.78 bits per heavy atom. The third-order valence-electron chi connectivity index (χ3n) is 3.46. The fourth-order valence-corrected chi connectivity index (χ4v) is 2.42. The number of pyridine rings is 1. The minimum Gasteiger partial charge on any atom is -0.394 e. The Labute approximate surface area is 105 Å². The van der Waals surface area contributed by atoms with Crippen LogP contribution in [0.2, 0.25) is 0 Å². The molecule has 1 fully saturated rings. The highest BCUT2D eigenvalue weighted by Crippen LogP contribution is 2.31. The van der Waals surface area contributed by atoms with Gasteiger partial charge in [-0.2, -0.15) is 0 Å². The van der Waals surface area contributed by atoms with Gasteiger partial charge in [0.15, 0.2) is 0 Å². The molecule has 0 aromatic carbocycles. The van der Waals surface area contributed by atoms with E-state index in [1.165, 1.54) is 24.8 Å². The first-order chi connectivity index (χ1) is 8.65. The summed E-state index contributed by atoms with van der Waals surface area (Å²) in [7, 11) is 0. The second-order valence-corrected chi connectivity index (χ2v) is 4.78. The molecule has 0 amide bonds. The zero-order valence-electron chi connectivity index (χ0n) is 10.1. The van der Waals surface area contributed by atoms with Gasteiger partial charge in [0, 0.05) is 12.3 Å². The average Bonchev–Trinajstić information content (AvgIpc) is 2.40. The van der Waals surface area contributed by atoms with E-state index in [0.29, 0.717) is 5.82 Å². The van der Waals surface area contributed by atoms with E-state index in [2.05, 4.69) is 10.3 Å². The minimum atomic E-state index is -0.445. The molecule has 0 spiro atoms. The number of hydrogen-bond acceptors (Lipinski definition) is 5. The average molecular weight is 251 g/mol. The maximum atomic E-state index is 10.7. The summed E-state index contributed by atoms with van der Waals surface area (Å²) in [5.74, 6) is 0.458. The largest absolute Gasteiger partial charge is 0.394 e. The fourth-order valence-electron chi connectivity index (χ4n) is 2.42. The van der Waals surface area contributed by atoms with Gasteiger partial charge in [-0.1, -0.05) is 19.3 Å². The highest BCUT2D eigenvalue weighted by molar-refractivity contribution is 5.46. The zero-order valence-corrected chi connectivity index (χ0v) is 10.1. The highest BCUT2D eigenvalue weighted by Gasteiger charge is 2.31. The van der Waals surface area contributed by atoms with Gasteiger partial charge in [0.2, 0.25) is 0 Å². The van der Waals surface area contributed by atoms with Crippen molar-refractivity contribution in [2.75, 3.05) is 11.9 Å². The third-order valence-corrected chi connectivity index (χ3v) is 3.46. The molecule has 0 radical (unpaired) electrons. The van der Waals surface area contributed by atoms with Crippen LogP contribution in [-0.4, -0.2) is 27.2 Å². The summed E-state index contributed by atoms with van der Waals surface area (Å²) in [6.07, 6.45) is 6.44. The zero-order chi connectivity index (χ0) is 13.0. The maximum absolute atomic E-state index is 10.7. The van der Waals surface area contributed by atoms with E-state index < -0.39 is 4.92 Å². The van der Waals surface area contributed by atoms with Crippen molar-refractivity contribution < 1.29 is 10.0 Å². The van der Waals surface area contributed by atoms with Crippen LogP contribution in [0.15, 0.2) is 18.3 Å². The van der Waals surface area contributed by atoms with Crippen molar-refractivity contribution in [3.05, 3.63) is 28.4 Å². The number of aliphatic hydroxyl groups is 1. The van der Waals surface area contributed by atoms with Crippen molar-refractivity contribution in [3.8, 4) is 0 Å². The Balaban J connectivity index is 2.16. The summed E-state index contributed by atoms with van der Waals surface area (Å²) >= 11 is 0. The maximum Gasteiger partial charge on any atom is 0.274 e. The number of aliphatic hydroxyl groups excluding tert-OH is 1. The molecule has 0 saturated heterocycles. The predicted molar refractivity (Wildman–Crippen MR) is 67.4 cm³/mol. The van der Waals surface area contributed by atoms with Crippen molar-refractivity contribution >= 4 is 11.5 Å². The summed E-state index contributed by atoms with van der Waals surface area (Å²) < 4.78 is 0. The van der Waals surface area contributed by atoms with Crippen LogP contribution in [0.25, 0.3) is 0 Å². The number of nitrogens with one attached hydrogen (secondary N) is 1. The number of nitrogens with zero attached hydrogens (tertiary/aromatic N) is 2. The van der Waals surface area contributed by atoms with Crippen LogP contribution in [0.3, 0.4) is 0 Å². The van der Waals surface area contributed by atoms with Crippen LogP contribution < -0.4 is 5.32 Å². The second kappa shape index (κ2) is 5.30.